The van der Waals surface area contributed by atoms with E-state index in [0.717, 1.165) is 31.6 Å². The second-order valence-electron chi connectivity index (χ2n) is 18.1. The van der Waals surface area contributed by atoms with Gasteiger partial charge in [-0.3, -0.25) is 0 Å². The number of ether oxygens (including phenoxy) is 2. The third kappa shape index (κ3) is 12.2. The number of carbonyl (C=O) groups excluding carboxylic acids is 1. The Bertz CT molecular complexity index is 2400. The van der Waals surface area contributed by atoms with Crippen molar-refractivity contribution in [2.45, 2.75) is 149 Å². The van der Waals surface area contributed by atoms with E-state index in [1.807, 2.05) is 34.0 Å². The average molecular weight is 911 g/mol. The highest BCUT2D eigenvalue weighted by atomic mass is 32.1. The van der Waals surface area contributed by atoms with E-state index in [4.69, 9.17) is 9.47 Å². The van der Waals surface area contributed by atoms with E-state index in [-0.39, 0.29) is 11.4 Å². The monoisotopic (exact) mass is 910 g/mol. The second kappa shape index (κ2) is 23.8. The van der Waals surface area contributed by atoms with Crippen LogP contribution in [-0.2, 0) is 14.9 Å². The van der Waals surface area contributed by atoms with Gasteiger partial charge >= 0.3 is 5.97 Å². The van der Waals surface area contributed by atoms with Crippen LogP contribution in [0.25, 0.3) is 52.2 Å². The number of esters is 1. The lowest BCUT2D eigenvalue weighted by atomic mass is 9.70. The van der Waals surface area contributed by atoms with E-state index in [1.165, 1.54) is 153 Å². The molecule has 0 saturated heterocycles. The first-order chi connectivity index (χ1) is 31.3. The van der Waals surface area contributed by atoms with Crippen molar-refractivity contribution >= 4 is 40.0 Å². The molecule has 1 aliphatic carbocycles. The predicted molar refractivity (Wildman–Crippen MR) is 278 cm³/mol. The molecule has 6 heteroatoms. The summed E-state index contributed by atoms with van der Waals surface area (Å²) in [6.07, 6.45) is 21.9. The Hall–Kier alpha value is -4.23. The van der Waals surface area contributed by atoms with Gasteiger partial charge in [0.15, 0.2) is 0 Å². The first kappa shape index (κ1) is 47.7. The maximum Gasteiger partial charge on any atom is 0.333 e. The van der Waals surface area contributed by atoms with Crippen LogP contribution in [0.2, 0.25) is 0 Å². The number of carbonyl (C=O) groups is 1. The number of rotatable bonds is 27. The molecule has 3 heterocycles. The minimum Gasteiger partial charge on any atom is -0.494 e. The second-order valence-corrected chi connectivity index (χ2v) is 21.5. The zero-order valence-electron chi connectivity index (χ0n) is 39.0. The third-order valence-electron chi connectivity index (χ3n) is 13.1. The van der Waals surface area contributed by atoms with Crippen LogP contribution in [0.1, 0.15) is 152 Å². The van der Waals surface area contributed by atoms with Crippen LogP contribution in [-0.4, -0.2) is 19.2 Å². The Morgan fingerprint density at radius 2 is 0.969 bits per heavy atom. The fourth-order valence-corrected chi connectivity index (χ4v) is 12.4. The van der Waals surface area contributed by atoms with E-state index < -0.39 is 0 Å². The standard InChI is InChI=1S/C58H70O3S3/c1-6-8-10-18-36-58(37-19-11-9-7-2)50-40-45(25-29-48(50)49-30-26-46(41-51(49)58)54-34-35-56(64-54)55-31-22-43(5)62-55)53-33-32-52(63-53)44-23-27-47(28-24-44)60-38-20-16-14-12-13-15-17-21-39-61-57(59)42(3)4/h22-35,40-41H,3,6-21,36-39H2,1-2,4-5H3. The van der Waals surface area contributed by atoms with Crippen LogP contribution < -0.4 is 4.74 Å². The summed E-state index contributed by atoms with van der Waals surface area (Å²) in [5.74, 6) is 0.665. The molecular formula is C58H70O3S3. The van der Waals surface area contributed by atoms with E-state index >= 15 is 0 Å². The highest BCUT2D eigenvalue weighted by Crippen LogP contribution is 2.56. The van der Waals surface area contributed by atoms with Crippen LogP contribution >= 0.6 is 34.0 Å². The Labute approximate surface area is 397 Å². The molecule has 0 spiro atoms. The van der Waals surface area contributed by atoms with E-state index in [1.54, 1.807) is 18.1 Å². The van der Waals surface area contributed by atoms with Crippen molar-refractivity contribution in [3.63, 3.8) is 0 Å². The van der Waals surface area contributed by atoms with Gasteiger partial charge in [0.2, 0.25) is 0 Å². The highest BCUT2D eigenvalue weighted by Gasteiger charge is 2.42. The number of aryl methyl sites for hydroxylation is 1. The number of unbranched alkanes of at least 4 members (excludes halogenated alkanes) is 13. The van der Waals surface area contributed by atoms with Gasteiger partial charge in [-0.25, -0.2) is 4.79 Å². The molecule has 7 rings (SSSR count). The van der Waals surface area contributed by atoms with Gasteiger partial charge < -0.3 is 9.47 Å². The molecule has 0 aliphatic heterocycles. The third-order valence-corrected chi connectivity index (χ3v) is 16.6. The van der Waals surface area contributed by atoms with Gasteiger partial charge in [0.05, 0.1) is 13.2 Å². The van der Waals surface area contributed by atoms with Crippen LogP contribution in [0.5, 0.6) is 5.75 Å². The van der Waals surface area contributed by atoms with Crippen molar-refractivity contribution in [1.29, 1.82) is 0 Å². The zero-order chi connectivity index (χ0) is 44.7. The van der Waals surface area contributed by atoms with E-state index in [0.29, 0.717) is 12.2 Å². The van der Waals surface area contributed by atoms with Gasteiger partial charge in [-0.1, -0.05) is 135 Å². The molecule has 0 radical (unpaired) electrons. The molecule has 0 saturated carbocycles. The Morgan fingerprint density at radius 3 is 1.50 bits per heavy atom. The predicted octanol–water partition coefficient (Wildman–Crippen LogP) is 18.7. The molecule has 0 amide bonds. The van der Waals surface area contributed by atoms with Gasteiger partial charge in [-0.05, 0) is 151 Å². The summed E-state index contributed by atoms with van der Waals surface area (Å²) in [6, 6.07) is 37.4. The summed E-state index contributed by atoms with van der Waals surface area (Å²) >= 11 is 5.73. The Balaban J connectivity index is 1.01. The quantitative estimate of drug-likeness (QED) is 0.0293. The van der Waals surface area contributed by atoms with E-state index in [9.17, 15) is 4.79 Å². The Kier molecular flexibility index (Phi) is 17.8. The molecule has 3 nitrogen and oxygen atoms in total. The number of hydrogen-bond acceptors (Lipinski definition) is 6. The number of hydrogen-bond donors (Lipinski definition) is 0. The maximum absolute atomic E-state index is 11.5. The van der Waals surface area contributed by atoms with Crippen LogP contribution in [0.3, 0.4) is 0 Å². The maximum atomic E-state index is 11.5. The molecule has 64 heavy (non-hydrogen) atoms. The first-order valence-corrected chi connectivity index (χ1v) is 26.9. The summed E-state index contributed by atoms with van der Waals surface area (Å²) < 4.78 is 11.3. The van der Waals surface area contributed by atoms with Crippen molar-refractivity contribution in [2.24, 2.45) is 0 Å². The number of thiophene rings is 3. The smallest absolute Gasteiger partial charge is 0.333 e. The van der Waals surface area contributed by atoms with Crippen LogP contribution in [0.15, 0.2) is 109 Å². The Morgan fingerprint density at radius 1 is 0.516 bits per heavy atom. The lowest BCUT2D eigenvalue weighted by Gasteiger charge is -2.33. The van der Waals surface area contributed by atoms with Crippen molar-refractivity contribution < 1.29 is 14.3 Å². The minimum absolute atomic E-state index is 0.0179. The summed E-state index contributed by atoms with van der Waals surface area (Å²) in [5.41, 5.74) is 10.4. The lowest BCUT2D eigenvalue weighted by Crippen LogP contribution is -2.25. The molecule has 0 fully saturated rings. The SMILES string of the molecule is C=C(C)C(=O)OCCCCCCCCCCOc1ccc(-c2ccc(-c3ccc4c(c3)C(CCCCCC)(CCCCCC)c3cc(-c5ccc(-c6ccc(C)s6)s5)ccc3-4)s2)cc1. The van der Waals surface area contributed by atoms with Gasteiger partial charge in [0, 0.05) is 40.3 Å². The molecule has 0 atom stereocenters. The van der Waals surface area contributed by atoms with Crippen molar-refractivity contribution in [2.75, 3.05) is 13.2 Å². The van der Waals surface area contributed by atoms with E-state index in [2.05, 4.69) is 124 Å². The summed E-state index contributed by atoms with van der Waals surface area (Å²) in [7, 11) is 0. The fraction of sp³-hybridized carbons (Fsp3) is 0.431. The van der Waals surface area contributed by atoms with Crippen molar-refractivity contribution in [3.8, 4) is 58.0 Å². The summed E-state index contributed by atoms with van der Waals surface area (Å²) in [6.45, 7) is 13.4. The molecule has 0 unspecified atom stereocenters. The molecule has 0 N–H and O–H groups in total. The topological polar surface area (TPSA) is 35.5 Å². The van der Waals surface area contributed by atoms with Gasteiger partial charge in [-0.2, -0.15) is 0 Å². The van der Waals surface area contributed by atoms with Crippen LogP contribution in [0.4, 0.5) is 0 Å². The molecule has 0 bridgehead atoms. The lowest BCUT2D eigenvalue weighted by molar-refractivity contribution is -0.139. The largest absolute Gasteiger partial charge is 0.494 e. The molecule has 1 aliphatic rings. The van der Waals surface area contributed by atoms with Crippen molar-refractivity contribution in [1.82, 2.24) is 0 Å². The molecular weight excluding hydrogens is 841 g/mol. The zero-order valence-corrected chi connectivity index (χ0v) is 41.5. The van der Waals surface area contributed by atoms with Gasteiger partial charge in [0.25, 0.3) is 0 Å². The van der Waals surface area contributed by atoms with Gasteiger partial charge in [-0.15, -0.1) is 34.0 Å². The number of benzene rings is 3. The minimum atomic E-state index is -0.280. The molecule has 3 aromatic carbocycles. The molecule has 338 valence electrons. The van der Waals surface area contributed by atoms with Crippen LogP contribution in [0, 0.1) is 6.92 Å². The summed E-state index contributed by atoms with van der Waals surface area (Å²) in [4.78, 5) is 19.6. The van der Waals surface area contributed by atoms with Gasteiger partial charge in [0.1, 0.15) is 5.75 Å². The summed E-state index contributed by atoms with van der Waals surface area (Å²) in [5, 5.41) is 0. The molecule has 6 aromatic rings. The highest BCUT2D eigenvalue weighted by molar-refractivity contribution is 7.23. The number of fused-ring (bicyclic) bond motifs is 3. The fourth-order valence-electron chi connectivity index (χ4n) is 9.47. The average Bonchev–Trinajstić information content (AvgIpc) is 4.14. The normalized spacial score (nSPS) is 12.6. The first-order valence-electron chi connectivity index (χ1n) is 24.4. The molecule has 3 aromatic heterocycles. The van der Waals surface area contributed by atoms with Crippen molar-refractivity contribution in [3.05, 3.63) is 125 Å².